The maximum atomic E-state index is 8.49. The van der Waals surface area contributed by atoms with Crippen molar-refractivity contribution < 1.29 is 0 Å². The first-order chi connectivity index (χ1) is 9.36. The summed E-state index contributed by atoms with van der Waals surface area (Å²) in [6, 6.07) is 15.9. The third-order valence-corrected chi connectivity index (χ3v) is 2.92. The molecular formula is C16H11N3. The van der Waals surface area contributed by atoms with Gasteiger partial charge in [0.05, 0.1) is 11.8 Å². The summed E-state index contributed by atoms with van der Waals surface area (Å²) in [5.41, 5.74) is 3.96. The van der Waals surface area contributed by atoms with Crippen LogP contribution in [0.15, 0.2) is 60.9 Å². The Kier molecular flexibility index (Phi) is 2.83. The molecule has 0 spiro atoms. The van der Waals surface area contributed by atoms with Crippen LogP contribution in [0.3, 0.4) is 0 Å². The molecule has 19 heavy (non-hydrogen) atoms. The van der Waals surface area contributed by atoms with Gasteiger partial charge < -0.3 is 4.40 Å². The molecule has 0 radical (unpaired) electrons. The number of imidazole rings is 1. The third kappa shape index (κ3) is 2.24. The smallest absolute Gasteiger partial charge is 0.137 e. The van der Waals surface area contributed by atoms with Gasteiger partial charge in [-0.25, -0.2) is 4.98 Å². The molecule has 0 aliphatic carbocycles. The third-order valence-electron chi connectivity index (χ3n) is 2.92. The summed E-state index contributed by atoms with van der Waals surface area (Å²) < 4.78 is 2.00. The van der Waals surface area contributed by atoms with Gasteiger partial charge in [0, 0.05) is 24.0 Å². The van der Waals surface area contributed by atoms with Crippen LogP contribution < -0.4 is 0 Å². The minimum Gasteiger partial charge on any atom is -0.306 e. The van der Waals surface area contributed by atoms with Crippen molar-refractivity contribution in [3.63, 3.8) is 0 Å². The van der Waals surface area contributed by atoms with E-state index in [4.69, 9.17) is 5.26 Å². The van der Waals surface area contributed by atoms with Crippen LogP contribution in [-0.4, -0.2) is 9.38 Å². The van der Waals surface area contributed by atoms with Crippen molar-refractivity contribution in [3.05, 3.63) is 66.5 Å². The number of nitriles is 1. The summed E-state index contributed by atoms with van der Waals surface area (Å²) in [5, 5.41) is 8.49. The highest BCUT2D eigenvalue weighted by Gasteiger charge is 2.03. The van der Waals surface area contributed by atoms with Crippen LogP contribution in [0.1, 0.15) is 5.56 Å². The molecule has 0 unspecified atom stereocenters. The molecule has 0 aliphatic rings. The van der Waals surface area contributed by atoms with Gasteiger partial charge in [0.1, 0.15) is 5.65 Å². The standard InChI is InChI=1S/C16H11N3/c17-10-3-4-13-6-8-14(9-7-13)15-12-19-11-2-1-5-16(19)18-15/h1-9,11-12H/b4-3+. The highest BCUT2D eigenvalue weighted by atomic mass is 15.0. The summed E-state index contributed by atoms with van der Waals surface area (Å²) >= 11 is 0. The molecular weight excluding hydrogens is 234 g/mol. The van der Waals surface area contributed by atoms with Crippen LogP contribution in [0, 0.1) is 11.3 Å². The van der Waals surface area contributed by atoms with E-state index in [0.29, 0.717) is 0 Å². The van der Waals surface area contributed by atoms with Crippen LogP contribution in [-0.2, 0) is 0 Å². The molecule has 0 N–H and O–H groups in total. The number of nitrogens with zero attached hydrogens (tertiary/aromatic N) is 3. The first-order valence-electron chi connectivity index (χ1n) is 5.97. The van der Waals surface area contributed by atoms with E-state index in [1.54, 1.807) is 6.08 Å². The molecule has 1 aromatic carbocycles. The van der Waals surface area contributed by atoms with E-state index < -0.39 is 0 Å². The summed E-state index contributed by atoms with van der Waals surface area (Å²) in [7, 11) is 0. The molecule has 0 saturated carbocycles. The van der Waals surface area contributed by atoms with Crippen molar-refractivity contribution in [3.8, 4) is 17.3 Å². The zero-order valence-corrected chi connectivity index (χ0v) is 10.2. The highest BCUT2D eigenvalue weighted by molar-refractivity contribution is 5.65. The van der Waals surface area contributed by atoms with Crippen molar-refractivity contribution in [1.29, 1.82) is 5.26 Å². The molecule has 0 amide bonds. The van der Waals surface area contributed by atoms with Gasteiger partial charge in [-0.2, -0.15) is 5.26 Å². The molecule has 2 aromatic heterocycles. The molecule has 0 fully saturated rings. The SMILES string of the molecule is N#C/C=C/c1ccc(-c2cn3ccccc3n2)cc1. The highest BCUT2D eigenvalue weighted by Crippen LogP contribution is 2.20. The predicted molar refractivity (Wildman–Crippen MR) is 75.3 cm³/mol. The number of fused-ring (bicyclic) bond motifs is 1. The number of hydrogen-bond acceptors (Lipinski definition) is 2. The van der Waals surface area contributed by atoms with Crippen molar-refractivity contribution in [2.24, 2.45) is 0 Å². The maximum Gasteiger partial charge on any atom is 0.137 e. The number of aromatic nitrogens is 2. The minimum absolute atomic E-state index is 0.936. The van der Waals surface area contributed by atoms with Gasteiger partial charge in [0.2, 0.25) is 0 Å². The zero-order chi connectivity index (χ0) is 13.1. The average molecular weight is 245 g/mol. The van der Waals surface area contributed by atoms with E-state index in [2.05, 4.69) is 4.98 Å². The summed E-state index contributed by atoms with van der Waals surface area (Å²) in [6.45, 7) is 0. The monoisotopic (exact) mass is 245 g/mol. The second-order valence-corrected chi connectivity index (χ2v) is 4.18. The van der Waals surface area contributed by atoms with Crippen molar-refractivity contribution in [2.45, 2.75) is 0 Å². The van der Waals surface area contributed by atoms with E-state index in [0.717, 1.165) is 22.5 Å². The predicted octanol–water partition coefficient (Wildman–Crippen LogP) is 3.54. The molecule has 3 aromatic rings. The lowest BCUT2D eigenvalue weighted by Gasteiger charge is -1.97. The van der Waals surface area contributed by atoms with Gasteiger partial charge >= 0.3 is 0 Å². The minimum atomic E-state index is 0.936. The lowest BCUT2D eigenvalue weighted by molar-refractivity contribution is 1.19. The quantitative estimate of drug-likeness (QED) is 0.648. The summed E-state index contributed by atoms with van der Waals surface area (Å²) in [6.07, 6.45) is 7.25. The van der Waals surface area contributed by atoms with Crippen molar-refractivity contribution >= 4 is 11.7 Å². The van der Waals surface area contributed by atoms with Crippen molar-refractivity contribution in [1.82, 2.24) is 9.38 Å². The Morgan fingerprint density at radius 2 is 1.95 bits per heavy atom. The molecule has 2 heterocycles. The Balaban J connectivity index is 1.98. The van der Waals surface area contributed by atoms with Gasteiger partial charge in [-0.15, -0.1) is 0 Å². The molecule has 0 saturated heterocycles. The molecule has 0 aliphatic heterocycles. The molecule has 0 bridgehead atoms. The summed E-state index contributed by atoms with van der Waals surface area (Å²) in [5.74, 6) is 0. The number of rotatable bonds is 2. The average Bonchev–Trinajstić information content (AvgIpc) is 2.89. The first kappa shape index (κ1) is 11.2. The van der Waals surface area contributed by atoms with E-state index in [9.17, 15) is 0 Å². The van der Waals surface area contributed by atoms with E-state index in [-0.39, 0.29) is 0 Å². The first-order valence-corrected chi connectivity index (χ1v) is 5.97. The van der Waals surface area contributed by atoms with Crippen molar-refractivity contribution in [2.75, 3.05) is 0 Å². The second-order valence-electron chi connectivity index (χ2n) is 4.18. The molecule has 3 rings (SSSR count). The second kappa shape index (κ2) is 4.79. The molecule has 3 nitrogen and oxygen atoms in total. The van der Waals surface area contributed by atoms with Crippen LogP contribution in [0.2, 0.25) is 0 Å². The van der Waals surface area contributed by atoms with E-state index >= 15 is 0 Å². The number of hydrogen-bond donors (Lipinski definition) is 0. The fourth-order valence-electron chi connectivity index (χ4n) is 1.97. The van der Waals surface area contributed by atoms with Gasteiger partial charge in [-0.3, -0.25) is 0 Å². The van der Waals surface area contributed by atoms with Crippen LogP contribution in [0.4, 0.5) is 0 Å². The van der Waals surface area contributed by atoms with E-state index in [1.807, 2.05) is 65.3 Å². The normalized spacial score (nSPS) is 10.9. The fraction of sp³-hybridized carbons (Fsp3) is 0. The summed E-state index contributed by atoms with van der Waals surface area (Å²) in [4.78, 5) is 4.57. The Bertz CT molecular complexity index is 741. The number of allylic oxidation sites excluding steroid dienone is 1. The number of pyridine rings is 1. The van der Waals surface area contributed by atoms with Crippen LogP contribution in [0.5, 0.6) is 0 Å². The van der Waals surface area contributed by atoms with Gasteiger partial charge in [-0.1, -0.05) is 30.3 Å². The van der Waals surface area contributed by atoms with Gasteiger partial charge in [0.25, 0.3) is 0 Å². The Morgan fingerprint density at radius 3 is 2.68 bits per heavy atom. The van der Waals surface area contributed by atoms with Crippen LogP contribution in [0.25, 0.3) is 23.0 Å². The lowest BCUT2D eigenvalue weighted by atomic mass is 10.1. The molecule has 90 valence electrons. The molecule has 3 heteroatoms. The fourth-order valence-corrected chi connectivity index (χ4v) is 1.97. The Hall–Kier alpha value is -2.86. The Morgan fingerprint density at radius 1 is 1.11 bits per heavy atom. The zero-order valence-electron chi connectivity index (χ0n) is 10.2. The lowest BCUT2D eigenvalue weighted by Crippen LogP contribution is -1.77. The topological polar surface area (TPSA) is 41.1 Å². The van der Waals surface area contributed by atoms with Gasteiger partial charge in [0.15, 0.2) is 0 Å². The Labute approximate surface area is 111 Å². The maximum absolute atomic E-state index is 8.49. The largest absolute Gasteiger partial charge is 0.306 e. The molecule has 0 atom stereocenters. The van der Waals surface area contributed by atoms with E-state index in [1.165, 1.54) is 6.08 Å². The van der Waals surface area contributed by atoms with Crippen LogP contribution >= 0.6 is 0 Å². The number of benzene rings is 1. The van der Waals surface area contributed by atoms with Gasteiger partial charge in [-0.05, 0) is 23.8 Å².